The van der Waals surface area contributed by atoms with Gasteiger partial charge in [-0.05, 0) is 19.4 Å². The van der Waals surface area contributed by atoms with Crippen molar-refractivity contribution in [2.45, 2.75) is 18.9 Å². The normalized spacial score (nSPS) is 26.5. The zero-order chi connectivity index (χ0) is 15.3. The minimum absolute atomic E-state index is 0.0759. The summed E-state index contributed by atoms with van der Waals surface area (Å²) in [7, 11) is -1.27. The third-order valence-corrected chi connectivity index (χ3v) is 5.82. The summed E-state index contributed by atoms with van der Waals surface area (Å²) in [6.07, 6.45) is 1.46. The van der Waals surface area contributed by atoms with Crippen molar-refractivity contribution < 1.29 is 17.9 Å². The highest BCUT2D eigenvalue weighted by Crippen LogP contribution is 2.12. The van der Waals surface area contributed by atoms with E-state index in [1.807, 2.05) is 0 Å². The van der Waals surface area contributed by atoms with Gasteiger partial charge < -0.3 is 15.0 Å². The summed E-state index contributed by atoms with van der Waals surface area (Å²) in [4.78, 5) is 16.3. The van der Waals surface area contributed by atoms with Crippen molar-refractivity contribution in [1.82, 2.24) is 15.1 Å². The predicted octanol–water partition coefficient (Wildman–Crippen LogP) is -0.463. The molecule has 2 fully saturated rings. The Bertz CT molecular complexity index is 454. The number of rotatable bonds is 4. The number of methoxy groups -OCH3 is 1. The van der Waals surface area contributed by atoms with E-state index in [1.54, 1.807) is 12.0 Å². The topological polar surface area (TPSA) is 79.0 Å². The first-order valence-corrected chi connectivity index (χ1v) is 9.29. The van der Waals surface area contributed by atoms with Gasteiger partial charge in [0.05, 0.1) is 18.1 Å². The Morgan fingerprint density at radius 2 is 2.10 bits per heavy atom. The van der Waals surface area contributed by atoms with Crippen LogP contribution >= 0.6 is 0 Å². The van der Waals surface area contributed by atoms with E-state index in [-0.39, 0.29) is 23.6 Å². The van der Waals surface area contributed by atoms with Gasteiger partial charge in [-0.15, -0.1) is 0 Å². The number of carbonyl (C=O) groups is 1. The van der Waals surface area contributed by atoms with Gasteiger partial charge in [-0.2, -0.15) is 0 Å². The van der Waals surface area contributed by atoms with E-state index in [1.165, 1.54) is 0 Å². The highest BCUT2D eigenvalue weighted by atomic mass is 32.2. The van der Waals surface area contributed by atoms with Gasteiger partial charge in [0.25, 0.3) is 0 Å². The molecule has 7 nitrogen and oxygen atoms in total. The van der Waals surface area contributed by atoms with Gasteiger partial charge in [0.1, 0.15) is 0 Å². The summed E-state index contributed by atoms with van der Waals surface area (Å²) >= 11 is 0. The number of amides is 2. The van der Waals surface area contributed by atoms with Crippen LogP contribution in [-0.2, 0) is 14.6 Å². The molecule has 0 unspecified atom stereocenters. The quantitative estimate of drug-likeness (QED) is 0.758. The maximum atomic E-state index is 12.2. The van der Waals surface area contributed by atoms with E-state index in [0.717, 1.165) is 32.6 Å². The largest absolute Gasteiger partial charge is 0.383 e. The zero-order valence-corrected chi connectivity index (χ0v) is 13.4. The number of carbonyl (C=O) groups excluding carboxylic acids is 1. The van der Waals surface area contributed by atoms with Gasteiger partial charge in [-0.3, -0.25) is 4.90 Å². The number of nitrogens with zero attached hydrogens (tertiary/aromatic N) is 2. The van der Waals surface area contributed by atoms with Crippen LogP contribution in [0.25, 0.3) is 0 Å². The van der Waals surface area contributed by atoms with Gasteiger partial charge in [-0.25, -0.2) is 13.2 Å². The number of hydrogen-bond donors (Lipinski definition) is 1. The van der Waals surface area contributed by atoms with Crippen molar-refractivity contribution in [3.05, 3.63) is 0 Å². The minimum Gasteiger partial charge on any atom is -0.383 e. The summed E-state index contributed by atoms with van der Waals surface area (Å²) < 4.78 is 27.9. The van der Waals surface area contributed by atoms with Crippen LogP contribution in [0.2, 0.25) is 0 Å². The predicted molar refractivity (Wildman–Crippen MR) is 80.1 cm³/mol. The van der Waals surface area contributed by atoms with Crippen LogP contribution in [-0.4, -0.2) is 88.2 Å². The average molecular weight is 319 g/mol. The molecule has 122 valence electrons. The SMILES string of the molecule is COCCN1CCCN(C(=O)N[C@@H]2CCS(=O)(=O)C2)CC1. The van der Waals surface area contributed by atoms with E-state index in [4.69, 9.17) is 4.74 Å². The second-order valence-corrected chi connectivity index (χ2v) is 7.95. The molecule has 0 aliphatic carbocycles. The first kappa shape index (κ1) is 16.5. The fourth-order valence-electron chi connectivity index (χ4n) is 2.79. The fourth-order valence-corrected chi connectivity index (χ4v) is 4.47. The second-order valence-electron chi connectivity index (χ2n) is 5.72. The molecule has 0 saturated carbocycles. The molecule has 0 aromatic rings. The third-order valence-electron chi connectivity index (χ3n) is 4.05. The summed E-state index contributed by atoms with van der Waals surface area (Å²) in [5.74, 6) is 0.259. The molecule has 1 atom stereocenters. The first-order valence-electron chi connectivity index (χ1n) is 7.47. The first-order chi connectivity index (χ1) is 10.00. The lowest BCUT2D eigenvalue weighted by Crippen LogP contribution is -2.46. The maximum absolute atomic E-state index is 12.2. The molecule has 0 radical (unpaired) electrons. The molecule has 2 aliphatic heterocycles. The van der Waals surface area contributed by atoms with Crippen LogP contribution in [0.1, 0.15) is 12.8 Å². The molecule has 0 bridgehead atoms. The van der Waals surface area contributed by atoms with Gasteiger partial charge in [0.2, 0.25) is 0 Å². The second kappa shape index (κ2) is 7.42. The van der Waals surface area contributed by atoms with Crippen LogP contribution in [0.3, 0.4) is 0 Å². The standard InChI is InChI=1S/C13H25N3O4S/c1-20-9-8-15-4-2-5-16(7-6-15)13(17)14-12-3-10-21(18,19)11-12/h12H,2-11H2,1H3,(H,14,17)/t12-/m1/s1. The number of ether oxygens (including phenoxy) is 1. The van der Waals surface area contributed by atoms with Crippen molar-refractivity contribution in [2.75, 3.05) is 57.9 Å². The van der Waals surface area contributed by atoms with Crippen molar-refractivity contribution in [2.24, 2.45) is 0 Å². The smallest absolute Gasteiger partial charge is 0.317 e. The van der Waals surface area contributed by atoms with Crippen LogP contribution in [0, 0.1) is 0 Å². The molecule has 0 aromatic heterocycles. The van der Waals surface area contributed by atoms with E-state index in [9.17, 15) is 13.2 Å². The molecule has 2 amide bonds. The lowest BCUT2D eigenvalue weighted by molar-refractivity contribution is 0.149. The maximum Gasteiger partial charge on any atom is 0.317 e. The van der Waals surface area contributed by atoms with E-state index < -0.39 is 9.84 Å². The molecular weight excluding hydrogens is 294 g/mol. The molecule has 0 aromatic carbocycles. The molecule has 21 heavy (non-hydrogen) atoms. The van der Waals surface area contributed by atoms with Crippen molar-refractivity contribution in [1.29, 1.82) is 0 Å². The Morgan fingerprint density at radius 3 is 2.76 bits per heavy atom. The van der Waals surface area contributed by atoms with Crippen molar-refractivity contribution in [3.8, 4) is 0 Å². The summed E-state index contributed by atoms with van der Waals surface area (Å²) in [6, 6.07) is -0.360. The zero-order valence-electron chi connectivity index (χ0n) is 12.6. The summed E-state index contributed by atoms with van der Waals surface area (Å²) in [6.45, 7) is 4.77. The summed E-state index contributed by atoms with van der Waals surface area (Å²) in [5, 5.41) is 2.85. The monoisotopic (exact) mass is 319 g/mol. The van der Waals surface area contributed by atoms with Gasteiger partial charge in [0, 0.05) is 39.3 Å². The Morgan fingerprint density at radius 1 is 1.29 bits per heavy atom. The van der Waals surface area contributed by atoms with Crippen LogP contribution in [0.4, 0.5) is 4.79 Å². The molecule has 1 N–H and O–H groups in total. The molecule has 8 heteroatoms. The lowest BCUT2D eigenvalue weighted by Gasteiger charge is -2.23. The molecule has 2 saturated heterocycles. The summed E-state index contributed by atoms with van der Waals surface area (Å²) in [5.41, 5.74) is 0. The van der Waals surface area contributed by atoms with Gasteiger partial charge in [0.15, 0.2) is 9.84 Å². The minimum atomic E-state index is -2.95. The van der Waals surface area contributed by atoms with E-state index >= 15 is 0 Å². The van der Waals surface area contributed by atoms with Crippen molar-refractivity contribution >= 4 is 15.9 Å². The number of sulfone groups is 1. The van der Waals surface area contributed by atoms with Crippen LogP contribution in [0.5, 0.6) is 0 Å². The molecular formula is C13H25N3O4S. The Hall–Kier alpha value is -0.860. The van der Waals surface area contributed by atoms with E-state index in [2.05, 4.69) is 10.2 Å². The Balaban J connectivity index is 1.78. The third kappa shape index (κ3) is 5.12. The number of nitrogens with one attached hydrogen (secondary N) is 1. The van der Waals surface area contributed by atoms with Crippen LogP contribution in [0.15, 0.2) is 0 Å². The van der Waals surface area contributed by atoms with Crippen molar-refractivity contribution in [3.63, 3.8) is 0 Å². The van der Waals surface area contributed by atoms with Gasteiger partial charge in [-0.1, -0.05) is 0 Å². The average Bonchev–Trinajstić information content (AvgIpc) is 2.65. The molecule has 0 spiro atoms. The molecule has 2 rings (SSSR count). The Kier molecular flexibility index (Phi) is 5.83. The molecule has 2 heterocycles. The van der Waals surface area contributed by atoms with Crippen LogP contribution < -0.4 is 5.32 Å². The van der Waals surface area contributed by atoms with Gasteiger partial charge >= 0.3 is 6.03 Å². The highest BCUT2D eigenvalue weighted by Gasteiger charge is 2.30. The fraction of sp³-hybridized carbons (Fsp3) is 0.923. The molecule has 2 aliphatic rings. The Labute approximate surface area is 126 Å². The highest BCUT2D eigenvalue weighted by molar-refractivity contribution is 7.91. The number of hydrogen-bond acceptors (Lipinski definition) is 5. The number of urea groups is 1. The van der Waals surface area contributed by atoms with E-state index in [0.29, 0.717) is 19.6 Å². The lowest BCUT2D eigenvalue weighted by atomic mass is 10.3.